The van der Waals surface area contributed by atoms with Gasteiger partial charge in [0.05, 0.1) is 6.61 Å². The van der Waals surface area contributed by atoms with Crippen molar-refractivity contribution in [2.45, 2.75) is 25.9 Å². The van der Waals surface area contributed by atoms with Gasteiger partial charge in [-0.05, 0) is 18.9 Å². The van der Waals surface area contributed by atoms with Gasteiger partial charge in [-0.1, -0.05) is 30.3 Å². The fourth-order valence-electron chi connectivity index (χ4n) is 1.96. The van der Waals surface area contributed by atoms with E-state index < -0.39 is 0 Å². The second-order valence-electron chi connectivity index (χ2n) is 4.54. The third kappa shape index (κ3) is 5.63. The lowest BCUT2D eigenvalue weighted by Crippen LogP contribution is -2.39. The molecule has 0 aliphatic heterocycles. The summed E-state index contributed by atoms with van der Waals surface area (Å²) in [7, 11) is 0. The van der Waals surface area contributed by atoms with Gasteiger partial charge >= 0.3 is 5.97 Å². The van der Waals surface area contributed by atoms with Crippen LogP contribution >= 0.6 is 23.7 Å². The summed E-state index contributed by atoms with van der Waals surface area (Å²) in [6.07, 6.45) is 2.31. The number of ether oxygens (including phenoxy) is 1. The summed E-state index contributed by atoms with van der Waals surface area (Å²) < 4.78 is 5.13. The quantitative estimate of drug-likeness (QED) is 0.756. The summed E-state index contributed by atoms with van der Waals surface area (Å²) in [5.74, 6) is -0.237. The molecule has 0 aliphatic carbocycles. The predicted octanol–water partition coefficient (Wildman–Crippen LogP) is 2.41. The molecule has 1 atom stereocenters. The van der Waals surface area contributed by atoms with Crippen molar-refractivity contribution in [3.63, 3.8) is 0 Å². The van der Waals surface area contributed by atoms with E-state index >= 15 is 0 Å². The summed E-state index contributed by atoms with van der Waals surface area (Å²) in [6.45, 7) is 2.73. The number of nitrogens with two attached hydrogens (primary N) is 1. The molecule has 0 saturated carbocycles. The van der Waals surface area contributed by atoms with Gasteiger partial charge in [-0.2, -0.15) is 0 Å². The van der Waals surface area contributed by atoms with Gasteiger partial charge in [-0.3, -0.25) is 10.1 Å². The predicted molar refractivity (Wildman–Crippen MR) is 91.2 cm³/mol. The first-order chi connectivity index (χ1) is 10.2. The van der Waals surface area contributed by atoms with Gasteiger partial charge in [-0.25, -0.2) is 4.98 Å². The van der Waals surface area contributed by atoms with Gasteiger partial charge in [0.2, 0.25) is 0 Å². The number of hydrogen-bond acceptors (Lipinski definition) is 6. The van der Waals surface area contributed by atoms with Crippen molar-refractivity contribution >= 4 is 34.8 Å². The molecule has 1 aromatic heterocycles. The smallest absolute Gasteiger partial charge is 0.323 e. The average molecular weight is 342 g/mol. The molecule has 5 nitrogen and oxygen atoms in total. The highest BCUT2D eigenvalue weighted by Gasteiger charge is 2.20. The Labute approximate surface area is 140 Å². The molecule has 1 unspecified atom stereocenters. The fourth-order valence-corrected chi connectivity index (χ4v) is 2.59. The first-order valence-electron chi connectivity index (χ1n) is 6.83. The van der Waals surface area contributed by atoms with Gasteiger partial charge in [0.1, 0.15) is 6.04 Å². The van der Waals surface area contributed by atoms with Crippen molar-refractivity contribution < 1.29 is 9.53 Å². The second kappa shape index (κ2) is 9.40. The Morgan fingerprint density at radius 2 is 2.14 bits per heavy atom. The average Bonchev–Trinajstić information content (AvgIpc) is 2.90. The zero-order chi connectivity index (χ0) is 15.1. The number of halogens is 1. The van der Waals surface area contributed by atoms with Gasteiger partial charge in [-0.15, -0.1) is 23.7 Å². The highest BCUT2D eigenvalue weighted by atomic mass is 35.5. The van der Waals surface area contributed by atoms with Crippen LogP contribution in [0.1, 0.15) is 17.4 Å². The summed E-state index contributed by atoms with van der Waals surface area (Å²) in [5, 5.41) is 3.75. The van der Waals surface area contributed by atoms with Crippen molar-refractivity contribution in [1.29, 1.82) is 0 Å². The molecule has 0 radical (unpaired) electrons. The Kier molecular flexibility index (Phi) is 7.87. The lowest BCUT2D eigenvalue weighted by molar-refractivity contribution is -0.145. The number of anilines is 1. The van der Waals surface area contributed by atoms with Crippen LogP contribution in [0.2, 0.25) is 0 Å². The molecule has 0 spiro atoms. The first kappa shape index (κ1) is 18.4. The highest BCUT2D eigenvalue weighted by molar-refractivity contribution is 7.15. The van der Waals surface area contributed by atoms with E-state index in [-0.39, 0.29) is 24.4 Å². The second-order valence-corrected chi connectivity index (χ2v) is 5.69. The van der Waals surface area contributed by atoms with E-state index in [1.165, 1.54) is 11.3 Å². The number of nitrogens with zero attached hydrogens (tertiary/aromatic N) is 1. The Balaban J connectivity index is 0.00000242. The highest BCUT2D eigenvalue weighted by Crippen LogP contribution is 2.14. The van der Waals surface area contributed by atoms with Crippen LogP contribution in [-0.2, 0) is 22.5 Å². The van der Waals surface area contributed by atoms with E-state index in [2.05, 4.69) is 10.3 Å². The summed E-state index contributed by atoms with van der Waals surface area (Å²) in [4.78, 5) is 17.0. The minimum atomic E-state index is -0.379. The van der Waals surface area contributed by atoms with Gasteiger partial charge < -0.3 is 10.5 Å². The number of aromatic nitrogens is 1. The van der Waals surface area contributed by atoms with Gasteiger partial charge in [0.15, 0.2) is 5.13 Å². The van der Waals surface area contributed by atoms with E-state index in [4.69, 9.17) is 10.5 Å². The molecular weight excluding hydrogens is 322 g/mol. The minimum absolute atomic E-state index is 0. The van der Waals surface area contributed by atoms with Crippen LogP contribution in [0.4, 0.5) is 5.13 Å². The molecule has 0 aliphatic rings. The Hall–Kier alpha value is -1.63. The molecule has 3 N–H and O–H groups in total. The number of benzene rings is 1. The van der Waals surface area contributed by atoms with Crippen LogP contribution in [0.3, 0.4) is 0 Å². The van der Waals surface area contributed by atoms with Crippen LogP contribution in [0.15, 0.2) is 36.5 Å². The normalized spacial score (nSPS) is 11.5. The van der Waals surface area contributed by atoms with E-state index in [0.717, 1.165) is 10.4 Å². The molecule has 0 bridgehead atoms. The van der Waals surface area contributed by atoms with Gasteiger partial charge in [0, 0.05) is 17.6 Å². The zero-order valence-corrected chi connectivity index (χ0v) is 14.0. The Bertz CT molecular complexity index is 577. The minimum Gasteiger partial charge on any atom is -0.465 e. The lowest BCUT2D eigenvalue weighted by Gasteiger charge is -2.16. The lowest BCUT2D eigenvalue weighted by atomic mass is 10.1. The van der Waals surface area contributed by atoms with E-state index in [0.29, 0.717) is 24.7 Å². The third-order valence-electron chi connectivity index (χ3n) is 2.95. The SMILES string of the molecule is CCOC(=O)C(Cc1ccccc1)NCc1cnc(N)s1.Cl. The standard InChI is InChI=1S/C15H19N3O2S.ClH/c1-2-20-14(19)13(8-11-6-4-3-5-7-11)17-9-12-10-18-15(16)21-12;/h3-7,10,13,17H,2,8-9H2,1H3,(H2,16,18);1H. The Morgan fingerprint density at radius 3 is 2.73 bits per heavy atom. The largest absolute Gasteiger partial charge is 0.465 e. The van der Waals surface area contributed by atoms with Crippen LogP contribution in [0.5, 0.6) is 0 Å². The summed E-state index contributed by atoms with van der Waals surface area (Å²) in [5.41, 5.74) is 6.69. The number of carbonyl (C=O) groups excluding carboxylic acids is 1. The van der Waals surface area contributed by atoms with Crippen LogP contribution < -0.4 is 11.1 Å². The number of carbonyl (C=O) groups is 1. The molecule has 1 aromatic carbocycles. The number of hydrogen-bond donors (Lipinski definition) is 2. The first-order valence-corrected chi connectivity index (χ1v) is 7.64. The van der Waals surface area contributed by atoms with Gasteiger partial charge in [0.25, 0.3) is 0 Å². The van der Waals surface area contributed by atoms with Crippen LogP contribution in [0.25, 0.3) is 0 Å². The summed E-state index contributed by atoms with van der Waals surface area (Å²) >= 11 is 1.41. The molecule has 2 aromatic rings. The molecule has 2 rings (SSSR count). The van der Waals surface area contributed by atoms with E-state index in [1.54, 1.807) is 13.1 Å². The molecule has 22 heavy (non-hydrogen) atoms. The van der Waals surface area contributed by atoms with Crippen LogP contribution in [-0.4, -0.2) is 23.6 Å². The number of nitrogen functional groups attached to an aromatic ring is 1. The maximum absolute atomic E-state index is 12.1. The summed E-state index contributed by atoms with van der Waals surface area (Å²) in [6, 6.07) is 9.49. The van der Waals surface area contributed by atoms with Crippen molar-refractivity contribution in [1.82, 2.24) is 10.3 Å². The van der Waals surface area contributed by atoms with Crippen molar-refractivity contribution in [2.75, 3.05) is 12.3 Å². The number of esters is 1. The molecular formula is C15H20ClN3O2S. The molecule has 0 fully saturated rings. The van der Waals surface area contributed by atoms with Crippen molar-refractivity contribution in [3.8, 4) is 0 Å². The molecule has 0 amide bonds. The monoisotopic (exact) mass is 341 g/mol. The van der Waals surface area contributed by atoms with Crippen molar-refractivity contribution in [2.24, 2.45) is 0 Å². The van der Waals surface area contributed by atoms with Crippen LogP contribution in [0, 0.1) is 0 Å². The topological polar surface area (TPSA) is 77.2 Å². The van der Waals surface area contributed by atoms with E-state index in [1.807, 2.05) is 30.3 Å². The van der Waals surface area contributed by atoms with Crippen molar-refractivity contribution in [3.05, 3.63) is 47.0 Å². The number of thiazole rings is 1. The molecule has 120 valence electrons. The third-order valence-corrected chi connectivity index (χ3v) is 3.77. The number of rotatable bonds is 7. The molecule has 0 saturated heterocycles. The molecule has 1 heterocycles. The number of nitrogens with one attached hydrogen (secondary N) is 1. The molecule has 7 heteroatoms. The maximum atomic E-state index is 12.1. The Morgan fingerprint density at radius 1 is 1.41 bits per heavy atom. The fraction of sp³-hybridized carbons (Fsp3) is 0.333. The zero-order valence-electron chi connectivity index (χ0n) is 12.3. The van der Waals surface area contributed by atoms with E-state index in [9.17, 15) is 4.79 Å². The maximum Gasteiger partial charge on any atom is 0.323 e.